The molecule has 0 aliphatic carbocycles. The second-order valence-corrected chi connectivity index (χ2v) is 6.92. The van der Waals surface area contributed by atoms with Crippen LogP contribution in [-0.4, -0.2) is 51.9 Å². The highest BCUT2D eigenvalue weighted by Crippen LogP contribution is 2.22. The summed E-state index contributed by atoms with van der Waals surface area (Å²) in [5.74, 6) is -2.50. The molecular weight excluding hydrogens is 353 g/mol. The third-order valence-electron chi connectivity index (χ3n) is 4.91. The number of aromatic amines is 1. The van der Waals surface area contributed by atoms with Gasteiger partial charge in [-0.3, -0.25) is 14.4 Å². The Bertz CT molecular complexity index is 879. The number of carbonyl (C=O) groups is 3. The normalized spacial score (nSPS) is 18.3. The van der Waals surface area contributed by atoms with E-state index >= 15 is 0 Å². The number of carbonyl (C=O) groups excluding carboxylic acids is 2. The third-order valence-corrected chi connectivity index (χ3v) is 4.91. The fraction of sp³-hybridized carbons (Fsp3) is 0.421. The summed E-state index contributed by atoms with van der Waals surface area (Å²) in [6.45, 7) is 1.95. The topological polar surface area (TPSA) is 103 Å². The molecule has 2 aromatic rings. The number of carboxylic acids is 1. The molecule has 1 unspecified atom stereocenters. The number of nitrogens with zero attached hydrogens (tertiary/aromatic N) is 1. The summed E-state index contributed by atoms with van der Waals surface area (Å²) in [6.07, 6.45) is 3.08. The molecule has 7 nitrogen and oxygen atoms in total. The van der Waals surface area contributed by atoms with Gasteiger partial charge < -0.3 is 20.3 Å². The summed E-state index contributed by atoms with van der Waals surface area (Å²) in [4.78, 5) is 40.3. The SMILES string of the molecule is CC(=O)NC(Cc1c[nH]c2cc(F)ccc12)C(=O)N1CCC[C@H](C(=O)O)C1. The van der Waals surface area contributed by atoms with Crippen LogP contribution in [-0.2, 0) is 20.8 Å². The van der Waals surface area contributed by atoms with Crippen molar-refractivity contribution in [1.82, 2.24) is 15.2 Å². The van der Waals surface area contributed by atoms with Gasteiger partial charge in [-0.05, 0) is 36.6 Å². The molecular formula is C19H22FN3O4. The van der Waals surface area contributed by atoms with Crippen molar-refractivity contribution in [1.29, 1.82) is 0 Å². The molecule has 0 radical (unpaired) electrons. The van der Waals surface area contributed by atoms with Crippen molar-refractivity contribution in [3.63, 3.8) is 0 Å². The van der Waals surface area contributed by atoms with Gasteiger partial charge in [-0.25, -0.2) is 4.39 Å². The Balaban J connectivity index is 1.81. The van der Waals surface area contributed by atoms with Crippen molar-refractivity contribution in [3.05, 3.63) is 35.8 Å². The minimum atomic E-state index is -0.915. The number of hydrogen-bond donors (Lipinski definition) is 3. The number of benzene rings is 1. The maximum atomic E-state index is 13.4. The number of rotatable bonds is 5. The van der Waals surface area contributed by atoms with Crippen molar-refractivity contribution in [2.24, 2.45) is 5.92 Å². The van der Waals surface area contributed by atoms with E-state index < -0.39 is 17.9 Å². The van der Waals surface area contributed by atoms with Crippen molar-refractivity contribution in [3.8, 4) is 0 Å². The molecule has 2 heterocycles. The summed E-state index contributed by atoms with van der Waals surface area (Å²) in [5.41, 5.74) is 1.40. The average molecular weight is 375 g/mol. The van der Waals surface area contributed by atoms with E-state index in [4.69, 9.17) is 0 Å². The number of H-pyrrole nitrogens is 1. The third kappa shape index (κ3) is 4.27. The summed E-state index contributed by atoms with van der Waals surface area (Å²) < 4.78 is 13.4. The molecule has 3 rings (SSSR count). The van der Waals surface area contributed by atoms with Crippen LogP contribution in [0.3, 0.4) is 0 Å². The molecule has 3 N–H and O–H groups in total. The lowest BCUT2D eigenvalue weighted by Crippen LogP contribution is -2.52. The van der Waals surface area contributed by atoms with Crippen molar-refractivity contribution in [2.75, 3.05) is 13.1 Å². The van der Waals surface area contributed by atoms with Crippen LogP contribution in [0.5, 0.6) is 0 Å². The van der Waals surface area contributed by atoms with Gasteiger partial charge in [0.15, 0.2) is 0 Å². The molecule has 8 heteroatoms. The molecule has 1 aromatic heterocycles. The smallest absolute Gasteiger partial charge is 0.308 e. The molecule has 1 saturated heterocycles. The summed E-state index contributed by atoms with van der Waals surface area (Å²) in [7, 11) is 0. The minimum Gasteiger partial charge on any atom is -0.481 e. The fourth-order valence-corrected chi connectivity index (χ4v) is 3.59. The second kappa shape index (κ2) is 7.77. The van der Waals surface area contributed by atoms with Crippen LogP contribution in [0.25, 0.3) is 10.9 Å². The molecule has 2 amide bonds. The van der Waals surface area contributed by atoms with Gasteiger partial charge in [0.2, 0.25) is 11.8 Å². The van der Waals surface area contributed by atoms with Crippen molar-refractivity contribution < 1.29 is 23.9 Å². The molecule has 0 spiro atoms. The van der Waals surface area contributed by atoms with Gasteiger partial charge in [0.25, 0.3) is 0 Å². The second-order valence-electron chi connectivity index (χ2n) is 6.92. The van der Waals surface area contributed by atoms with Crippen molar-refractivity contribution in [2.45, 2.75) is 32.2 Å². The van der Waals surface area contributed by atoms with Crippen LogP contribution in [0.1, 0.15) is 25.3 Å². The Morgan fingerprint density at radius 3 is 2.89 bits per heavy atom. The number of hydrogen-bond acceptors (Lipinski definition) is 3. The van der Waals surface area contributed by atoms with Gasteiger partial charge in [-0.1, -0.05) is 0 Å². The summed E-state index contributed by atoms with van der Waals surface area (Å²) >= 11 is 0. The van der Waals surface area contributed by atoms with E-state index in [1.54, 1.807) is 12.3 Å². The number of fused-ring (bicyclic) bond motifs is 1. The zero-order valence-corrected chi connectivity index (χ0v) is 15.0. The lowest BCUT2D eigenvalue weighted by atomic mass is 9.96. The van der Waals surface area contributed by atoms with E-state index in [0.29, 0.717) is 24.9 Å². The van der Waals surface area contributed by atoms with E-state index in [1.165, 1.54) is 24.0 Å². The van der Waals surface area contributed by atoms with E-state index in [-0.39, 0.29) is 30.6 Å². The van der Waals surface area contributed by atoms with Gasteiger partial charge in [0, 0.05) is 43.5 Å². The molecule has 2 atom stereocenters. The number of carboxylic acid groups (broad SMARTS) is 1. The Morgan fingerprint density at radius 2 is 2.19 bits per heavy atom. The van der Waals surface area contributed by atoms with Gasteiger partial charge in [-0.15, -0.1) is 0 Å². The number of halogens is 1. The number of amides is 2. The number of likely N-dealkylation sites (tertiary alicyclic amines) is 1. The molecule has 0 saturated carbocycles. The molecule has 0 bridgehead atoms. The first kappa shape index (κ1) is 18.9. The number of aromatic nitrogens is 1. The Kier molecular flexibility index (Phi) is 5.43. The molecule has 1 aliphatic heterocycles. The minimum absolute atomic E-state index is 0.142. The van der Waals surface area contributed by atoms with E-state index in [1.807, 2.05) is 0 Å². The molecule has 1 aliphatic rings. The fourth-order valence-electron chi connectivity index (χ4n) is 3.59. The van der Waals surface area contributed by atoms with Crippen LogP contribution >= 0.6 is 0 Å². The summed E-state index contributed by atoms with van der Waals surface area (Å²) in [6, 6.07) is 3.54. The first-order chi connectivity index (χ1) is 12.8. The standard InChI is InChI=1S/C19H22FN3O4/c1-11(24)22-17(18(25)23-6-2-3-12(10-23)19(26)27)7-13-9-21-16-8-14(20)4-5-15(13)16/h4-5,8-9,12,17,21H,2-3,6-7,10H2,1H3,(H,22,24)(H,26,27)/t12-,17?/m0/s1. The highest BCUT2D eigenvalue weighted by atomic mass is 19.1. The van der Waals surface area contributed by atoms with Crippen LogP contribution < -0.4 is 5.32 Å². The molecule has 1 aromatic carbocycles. The van der Waals surface area contributed by atoms with Crippen LogP contribution in [0.2, 0.25) is 0 Å². The predicted octanol–water partition coefficient (Wildman–Crippen LogP) is 1.68. The largest absolute Gasteiger partial charge is 0.481 e. The van der Waals surface area contributed by atoms with Crippen LogP contribution in [0.4, 0.5) is 4.39 Å². The first-order valence-corrected chi connectivity index (χ1v) is 8.89. The van der Waals surface area contributed by atoms with Crippen LogP contribution in [0.15, 0.2) is 24.4 Å². The van der Waals surface area contributed by atoms with E-state index in [9.17, 15) is 23.9 Å². The van der Waals surface area contributed by atoms with Gasteiger partial charge >= 0.3 is 5.97 Å². The van der Waals surface area contributed by atoms with Gasteiger partial charge in [-0.2, -0.15) is 0 Å². The Morgan fingerprint density at radius 1 is 1.41 bits per heavy atom. The maximum absolute atomic E-state index is 13.4. The van der Waals surface area contributed by atoms with Gasteiger partial charge in [0.05, 0.1) is 5.92 Å². The predicted molar refractivity (Wildman–Crippen MR) is 96.5 cm³/mol. The highest BCUT2D eigenvalue weighted by molar-refractivity contribution is 5.89. The number of aliphatic carboxylic acids is 1. The lowest BCUT2D eigenvalue weighted by molar-refractivity contribution is -0.146. The van der Waals surface area contributed by atoms with Crippen molar-refractivity contribution >= 4 is 28.7 Å². The highest BCUT2D eigenvalue weighted by Gasteiger charge is 2.32. The van der Waals surface area contributed by atoms with Gasteiger partial charge in [0.1, 0.15) is 11.9 Å². The van der Waals surface area contributed by atoms with E-state index in [2.05, 4.69) is 10.3 Å². The summed E-state index contributed by atoms with van der Waals surface area (Å²) in [5, 5.41) is 12.7. The zero-order valence-electron chi connectivity index (χ0n) is 15.0. The van der Waals surface area contributed by atoms with Crippen LogP contribution in [0, 0.1) is 11.7 Å². The Hall–Kier alpha value is -2.90. The zero-order chi connectivity index (χ0) is 19.6. The Labute approximate surface area is 155 Å². The lowest BCUT2D eigenvalue weighted by Gasteiger charge is -2.33. The number of nitrogens with one attached hydrogen (secondary N) is 2. The molecule has 27 heavy (non-hydrogen) atoms. The number of piperidine rings is 1. The average Bonchev–Trinajstić information content (AvgIpc) is 3.02. The quantitative estimate of drug-likeness (QED) is 0.740. The maximum Gasteiger partial charge on any atom is 0.308 e. The first-order valence-electron chi connectivity index (χ1n) is 8.89. The van der Waals surface area contributed by atoms with E-state index in [0.717, 1.165) is 10.9 Å². The molecule has 1 fully saturated rings. The molecule has 144 valence electrons. The monoisotopic (exact) mass is 375 g/mol.